The highest BCUT2D eigenvalue weighted by molar-refractivity contribution is 5.03. The van der Waals surface area contributed by atoms with Crippen molar-refractivity contribution >= 4 is 0 Å². The van der Waals surface area contributed by atoms with E-state index in [0.717, 1.165) is 38.5 Å². The summed E-state index contributed by atoms with van der Waals surface area (Å²) in [4.78, 5) is 0. The molecule has 0 bridgehead atoms. The normalized spacial score (nSPS) is 25.1. The van der Waals surface area contributed by atoms with E-state index in [-0.39, 0.29) is 17.2 Å². The van der Waals surface area contributed by atoms with Crippen molar-refractivity contribution in [2.75, 3.05) is 7.11 Å². The lowest BCUT2D eigenvalue weighted by molar-refractivity contribution is -0.320. The van der Waals surface area contributed by atoms with Gasteiger partial charge in [-0.25, -0.2) is 0 Å². The van der Waals surface area contributed by atoms with E-state index in [4.69, 9.17) is 4.74 Å². The minimum Gasteiger partial charge on any atom is -0.381 e. The van der Waals surface area contributed by atoms with E-state index in [1.54, 1.807) is 7.11 Å². The van der Waals surface area contributed by atoms with Gasteiger partial charge in [0.2, 0.25) is 0 Å². The smallest absolute Gasteiger partial charge is 0.0608 e. The minimum atomic E-state index is -0.217. The number of piperidine rings is 1. The molecule has 1 radical (unpaired) electrons. The average Bonchev–Trinajstić information content (AvgIpc) is 2.40. The molecule has 0 aromatic rings. The summed E-state index contributed by atoms with van der Waals surface area (Å²) in [7, 11) is 1.78. The zero-order valence-corrected chi connectivity index (χ0v) is 12.1. The first-order chi connectivity index (χ1) is 8.04. The molecule has 1 rings (SSSR count). The maximum Gasteiger partial charge on any atom is 0.0608 e. The summed E-state index contributed by atoms with van der Waals surface area (Å²) >= 11 is 0. The highest BCUT2D eigenvalue weighted by Crippen LogP contribution is 2.45. The molecule has 3 heteroatoms. The van der Waals surface area contributed by atoms with Gasteiger partial charge in [0.25, 0.3) is 0 Å². The molecule has 0 unspecified atom stereocenters. The summed E-state index contributed by atoms with van der Waals surface area (Å²) in [6, 6.07) is 0. The maximum atomic E-state index is 12.8. The first kappa shape index (κ1) is 14.9. The lowest BCUT2D eigenvalue weighted by Crippen LogP contribution is -2.64. The number of methoxy groups -OCH3 is 1. The van der Waals surface area contributed by atoms with Gasteiger partial charge in [-0.1, -0.05) is 27.7 Å². The van der Waals surface area contributed by atoms with E-state index in [2.05, 4.69) is 27.7 Å². The van der Waals surface area contributed by atoms with Crippen LogP contribution in [-0.4, -0.2) is 29.4 Å². The second kappa shape index (κ2) is 5.68. The van der Waals surface area contributed by atoms with Crippen LogP contribution in [0.3, 0.4) is 0 Å². The summed E-state index contributed by atoms with van der Waals surface area (Å²) in [5, 5.41) is 14.3. The van der Waals surface area contributed by atoms with Crippen molar-refractivity contribution in [3.63, 3.8) is 0 Å². The third-order valence-corrected chi connectivity index (χ3v) is 5.04. The molecule has 101 valence electrons. The fourth-order valence-corrected chi connectivity index (χ4v) is 3.41. The number of ether oxygens (including phenoxy) is 1. The predicted octanol–water partition coefficient (Wildman–Crippen LogP) is 3.56. The van der Waals surface area contributed by atoms with Crippen LogP contribution in [0.1, 0.15) is 66.2 Å². The molecule has 1 saturated heterocycles. The van der Waals surface area contributed by atoms with Crippen molar-refractivity contribution in [2.45, 2.75) is 83.4 Å². The van der Waals surface area contributed by atoms with Gasteiger partial charge in [-0.15, -0.1) is 10.3 Å². The molecule has 1 heterocycles. The zero-order chi connectivity index (χ0) is 13.1. The van der Waals surface area contributed by atoms with Gasteiger partial charge in [0.05, 0.1) is 17.2 Å². The van der Waals surface area contributed by atoms with E-state index in [1.165, 1.54) is 5.06 Å². The van der Waals surface area contributed by atoms with Crippen LogP contribution < -0.4 is 0 Å². The van der Waals surface area contributed by atoms with Crippen molar-refractivity contribution in [1.82, 2.24) is 5.06 Å². The Morgan fingerprint density at radius 3 is 1.59 bits per heavy atom. The molecule has 0 spiro atoms. The first-order valence-corrected chi connectivity index (χ1v) is 7.04. The van der Waals surface area contributed by atoms with Gasteiger partial charge in [0.1, 0.15) is 0 Å². The molecule has 0 aliphatic carbocycles. The quantitative estimate of drug-likeness (QED) is 0.738. The maximum absolute atomic E-state index is 12.8. The Balaban J connectivity index is 3.08. The van der Waals surface area contributed by atoms with Crippen molar-refractivity contribution in [3.8, 4) is 0 Å². The van der Waals surface area contributed by atoms with Gasteiger partial charge < -0.3 is 4.74 Å². The van der Waals surface area contributed by atoms with Crippen LogP contribution in [0.2, 0.25) is 0 Å². The Labute approximate surface area is 106 Å². The highest BCUT2D eigenvalue weighted by atomic mass is 16.5. The van der Waals surface area contributed by atoms with Crippen LogP contribution in [0.5, 0.6) is 0 Å². The van der Waals surface area contributed by atoms with Crippen molar-refractivity contribution in [3.05, 3.63) is 0 Å². The van der Waals surface area contributed by atoms with Crippen LogP contribution in [0.25, 0.3) is 0 Å². The Kier molecular flexibility index (Phi) is 4.99. The molecule has 1 fully saturated rings. The predicted molar refractivity (Wildman–Crippen MR) is 69.2 cm³/mol. The van der Waals surface area contributed by atoms with Crippen LogP contribution in [-0.2, 0) is 9.94 Å². The van der Waals surface area contributed by atoms with Gasteiger partial charge in [-0.05, 0) is 38.5 Å². The number of nitrogens with zero attached hydrogens (tertiary/aromatic N) is 1. The standard InChI is InChI=1S/C14H28NO2/c1-6-13(7-2)10-12(17-5)11-14(8-3,9-4)15(13)16/h12H,6-11H2,1-5H3. The van der Waals surface area contributed by atoms with Crippen LogP contribution in [0, 0.1) is 0 Å². The van der Waals surface area contributed by atoms with E-state index < -0.39 is 0 Å². The van der Waals surface area contributed by atoms with E-state index >= 15 is 0 Å². The fraction of sp³-hybridized carbons (Fsp3) is 1.00. The SMILES string of the molecule is CCC1(CC)CC(OC)CC(CC)(CC)N1[O]. The molecule has 0 N–H and O–H groups in total. The lowest BCUT2D eigenvalue weighted by Gasteiger charge is -2.54. The van der Waals surface area contributed by atoms with E-state index in [0.29, 0.717) is 0 Å². The Bertz CT molecular complexity index is 212. The summed E-state index contributed by atoms with van der Waals surface area (Å²) < 4.78 is 5.59. The molecule has 17 heavy (non-hydrogen) atoms. The summed E-state index contributed by atoms with van der Waals surface area (Å²) in [5.41, 5.74) is -0.435. The molecular formula is C14H28NO2. The molecule has 0 amide bonds. The van der Waals surface area contributed by atoms with Crippen molar-refractivity contribution < 1.29 is 9.94 Å². The largest absolute Gasteiger partial charge is 0.381 e. The second-order valence-electron chi connectivity index (χ2n) is 5.42. The molecule has 0 atom stereocenters. The fourth-order valence-electron chi connectivity index (χ4n) is 3.41. The molecule has 3 nitrogen and oxygen atoms in total. The molecule has 0 saturated carbocycles. The molecule has 0 aromatic heterocycles. The molecular weight excluding hydrogens is 214 g/mol. The van der Waals surface area contributed by atoms with Gasteiger partial charge in [-0.2, -0.15) is 0 Å². The second-order valence-corrected chi connectivity index (χ2v) is 5.42. The zero-order valence-electron chi connectivity index (χ0n) is 12.1. The molecule has 1 aliphatic heterocycles. The van der Waals surface area contributed by atoms with E-state index in [1.807, 2.05) is 0 Å². The summed E-state index contributed by atoms with van der Waals surface area (Å²) in [6.07, 6.45) is 5.63. The summed E-state index contributed by atoms with van der Waals surface area (Å²) in [5.74, 6) is 0. The Hall–Kier alpha value is -0.120. The van der Waals surface area contributed by atoms with Gasteiger partial charge >= 0.3 is 0 Å². The molecule has 0 aromatic carbocycles. The van der Waals surface area contributed by atoms with Crippen LogP contribution >= 0.6 is 0 Å². The Morgan fingerprint density at radius 2 is 1.35 bits per heavy atom. The lowest BCUT2D eigenvalue weighted by atomic mass is 9.72. The molecule has 1 aliphatic rings. The highest BCUT2D eigenvalue weighted by Gasteiger charge is 2.52. The minimum absolute atomic E-state index is 0.217. The number of hydroxylamine groups is 2. The van der Waals surface area contributed by atoms with Crippen LogP contribution in [0.15, 0.2) is 0 Å². The van der Waals surface area contributed by atoms with E-state index in [9.17, 15) is 5.21 Å². The first-order valence-electron chi connectivity index (χ1n) is 7.04. The third-order valence-electron chi connectivity index (χ3n) is 5.04. The van der Waals surface area contributed by atoms with Gasteiger partial charge in [0.15, 0.2) is 0 Å². The van der Waals surface area contributed by atoms with Crippen molar-refractivity contribution in [2.24, 2.45) is 0 Å². The monoisotopic (exact) mass is 242 g/mol. The van der Waals surface area contributed by atoms with Crippen molar-refractivity contribution in [1.29, 1.82) is 0 Å². The van der Waals surface area contributed by atoms with Crippen LogP contribution in [0.4, 0.5) is 0 Å². The number of hydrogen-bond acceptors (Lipinski definition) is 2. The Morgan fingerprint density at radius 1 is 1.00 bits per heavy atom. The summed E-state index contributed by atoms with van der Waals surface area (Å²) in [6.45, 7) is 8.51. The average molecular weight is 242 g/mol. The number of hydrogen-bond donors (Lipinski definition) is 0. The van der Waals surface area contributed by atoms with Gasteiger partial charge in [0, 0.05) is 7.11 Å². The third kappa shape index (κ3) is 2.38. The topological polar surface area (TPSA) is 32.4 Å². The van der Waals surface area contributed by atoms with Gasteiger partial charge in [-0.3, -0.25) is 0 Å². The number of rotatable bonds is 5.